The zero-order chi connectivity index (χ0) is 24.6. The summed E-state index contributed by atoms with van der Waals surface area (Å²) in [5.74, 6) is -1.27. The van der Waals surface area contributed by atoms with Crippen LogP contribution in [-0.4, -0.2) is 30.2 Å². The normalized spacial score (nSPS) is 14.1. The van der Waals surface area contributed by atoms with Gasteiger partial charge in [0.05, 0.1) is 10.6 Å². The molecule has 1 aromatic heterocycles. The summed E-state index contributed by atoms with van der Waals surface area (Å²) in [5.41, 5.74) is 3.07. The average molecular weight is 498 g/mol. The molecule has 2 heterocycles. The third kappa shape index (κ3) is 4.37. The van der Waals surface area contributed by atoms with Gasteiger partial charge in [-0.15, -0.1) is 0 Å². The van der Waals surface area contributed by atoms with Gasteiger partial charge in [-0.25, -0.2) is 28.0 Å². The summed E-state index contributed by atoms with van der Waals surface area (Å²) in [4.78, 5) is 34.7. The van der Waals surface area contributed by atoms with E-state index in [9.17, 15) is 18.0 Å². The zero-order valence-corrected chi connectivity index (χ0v) is 20.0. The number of sulfonamides is 1. The lowest BCUT2D eigenvalue weighted by atomic mass is 10.1. The second kappa shape index (κ2) is 8.88. The molecule has 3 aromatic rings. The number of carbonyl (C=O) groups is 2. The maximum Gasteiger partial charge on any atom is 0.283 e. The maximum absolute atomic E-state index is 13.0. The number of nitrogens with one attached hydrogen (secondary N) is 2. The molecule has 0 radical (unpaired) electrons. The van der Waals surface area contributed by atoms with Crippen molar-refractivity contribution >= 4 is 50.8 Å². The Morgan fingerprint density at radius 3 is 2.32 bits per heavy atom. The van der Waals surface area contributed by atoms with Crippen molar-refractivity contribution < 1.29 is 18.0 Å². The van der Waals surface area contributed by atoms with E-state index in [4.69, 9.17) is 11.6 Å². The monoisotopic (exact) mass is 497 g/mol. The lowest BCUT2D eigenvalue weighted by Gasteiger charge is -2.18. The molecule has 2 N–H and O–H groups in total. The SMILES string of the molecule is Cc1ccnc(NS(=O)(=O)c2ccc(NC3=C(Cl)C(=O)N(c4cccc(C)c4C)C3=O)cc2)n1. The fraction of sp³-hybridized carbons (Fsp3) is 0.130. The number of nitrogens with zero attached hydrogens (tertiary/aromatic N) is 3. The Morgan fingerprint density at radius 2 is 1.65 bits per heavy atom. The quantitative estimate of drug-likeness (QED) is 0.498. The van der Waals surface area contributed by atoms with Crippen LogP contribution in [0.5, 0.6) is 0 Å². The maximum atomic E-state index is 13.0. The van der Waals surface area contributed by atoms with Crippen molar-refractivity contribution in [3.8, 4) is 0 Å². The van der Waals surface area contributed by atoms with Gasteiger partial charge in [0.25, 0.3) is 21.8 Å². The van der Waals surface area contributed by atoms with Gasteiger partial charge in [-0.05, 0) is 68.3 Å². The van der Waals surface area contributed by atoms with Crippen LogP contribution in [0, 0.1) is 20.8 Å². The predicted octanol–water partition coefficient (Wildman–Crippen LogP) is 3.64. The van der Waals surface area contributed by atoms with Gasteiger partial charge in [-0.2, -0.15) is 0 Å². The molecule has 34 heavy (non-hydrogen) atoms. The Hall–Kier alpha value is -3.76. The van der Waals surface area contributed by atoms with Gasteiger partial charge in [0, 0.05) is 17.6 Å². The smallest absolute Gasteiger partial charge is 0.283 e. The molecule has 4 rings (SSSR count). The van der Waals surface area contributed by atoms with Gasteiger partial charge >= 0.3 is 0 Å². The molecule has 0 saturated carbocycles. The number of anilines is 3. The van der Waals surface area contributed by atoms with E-state index in [1.165, 1.54) is 30.5 Å². The van der Waals surface area contributed by atoms with E-state index < -0.39 is 21.8 Å². The van der Waals surface area contributed by atoms with Crippen LogP contribution in [0.25, 0.3) is 0 Å². The fourth-order valence-electron chi connectivity index (χ4n) is 3.35. The van der Waals surface area contributed by atoms with Crippen molar-refractivity contribution in [2.24, 2.45) is 0 Å². The molecule has 0 bridgehead atoms. The molecule has 0 fully saturated rings. The van der Waals surface area contributed by atoms with E-state index in [0.717, 1.165) is 16.0 Å². The first-order valence-corrected chi connectivity index (χ1v) is 12.0. The topological polar surface area (TPSA) is 121 Å². The second-order valence-electron chi connectivity index (χ2n) is 7.63. The van der Waals surface area contributed by atoms with Crippen LogP contribution in [0.15, 0.2) is 70.4 Å². The van der Waals surface area contributed by atoms with Crippen molar-refractivity contribution in [2.75, 3.05) is 14.9 Å². The summed E-state index contributed by atoms with van der Waals surface area (Å²) < 4.78 is 27.6. The summed E-state index contributed by atoms with van der Waals surface area (Å²) in [5, 5.41) is 2.59. The molecule has 0 aliphatic carbocycles. The standard InChI is InChI=1S/C23H20ClN5O4S/c1-13-5-4-6-18(15(13)3)29-21(30)19(24)20(22(29)31)27-16-7-9-17(10-8-16)34(32,33)28-23-25-12-11-14(2)26-23/h4-12,27H,1-3H3,(H,25,26,28). The van der Waals surface area contributed by atoms with Gasteiger partial charge in [-0.3, -0.25) is 9.59 Å². The Kier molecular flexibility index (Phi) is 6.11. The number of imide groups is 1. The number of halogens is 1. The van der Waals surface area contributed by atoms with Crippen LogP contribution in [0.1, 0.15) is 16.8 Å². The summed E-state index contributed by atoms with van der Waals surface area (Å²) in [6.45, 7) is 5.42. The molecular formula is C23H20ClN5O4S. The predicted molar refractivity (Wildman–Crippen MR) is 129 cm³/mol. The molecule has 9 nitrogen and oxygen atoms in total. The summed E-state index contributed by atoms with van der Waals surface area (Å²) in [6.07, 6.45) is 1.45. The fourth-order valence-corrected chi connectivity index (χ4v) is 4.51. The molecule has 0 atom stereocenters. The summed E-state index contributed by atoms with van der Waals surface area (Å²) in [6, 6.07) is 12.6. The first-order chi connectivity index (χ1) is 16.1. The number of hydrogen-bond acceptors (Lipinski definition) is 7. The van der Waals surface area contributed by atoms with E-state index in [1.54, 1.807) is 25.1 Å². The van der Waals surface area contributed by atoms with Crippen molar-refractivity contribution in [3.05, 3.63) is 82.3 Å². The highest BCUT2D eigenvalue weighted by Gasteiger charge is 2.39. The van der Waals surface area contributed by atoms with Crippen molar-refractivity contribution in [2.45, 2.75) is 25.7 Å². The van der Waals surface area contributed by atoms with E-state index in [0.29, 0.717) is 17.1 Å². The van der Waals surface area contributed by atoms with Gasteiger partial charge in [-0.1, -0.05) is 23.7 Å². The lowest BCUT2D eigenvalue weighted by Crippen LogP contribution is -2.33. The average Bonchev–Trinajstić information content (AvgIpc) is 2.99. The van der Waals surface area contributed by atoms with Gasteiger partial charge in [0.15, 0.2) is 0 Å². The lowest BCUT2D eigenvalue weighted by molar-refractivity contribution is -0.120. The minimum Gasteiger partial charge on any atom is -0.350 e. The molecule has 174 valence electrons. The first-order valence-electron chi connectivity index (χ1n) is 10.1. The molecule has 1 aliphatic rings. The molecule has 2 amide bonds. The number of hydrogen-bond donors (Lipinski definition) is 2. The third-order valence-corrected chi connectivity index (χ3v) is 6.99. The third-order valence-electron chi connectivity index (χ3n) is 5.30. The highest BCUT2D eigenvalue weighted by atomic mass is 35.5. The number of carbonyl (C=O) groups excluding carboxylic acids is 2. The van der Waals surface area contributed by atoms with Crippen molar-refractivity contribution in [1.82, 2.24) is 9.97 Å². The van der Waals surface area contributed by atoms with Crippen LogP contribution >= 0.6 is 11.6 Å². The van der Waals surface area contributed by atoms with Gasteiger partial charge in [0.1, 0.15) is 10.7 Å². The minimum atomic E-state index is -3.93. The largest absolute Gasteiger partial charge is 0.350 e. The number of aryl methyl sites for hydroxylation is 2. The molecular weight excluding hydrogens is 478 g/mol. The molecule has 0 spiro atoms. The Bertz CT molecular complexity index is 1450. The van der Waals surface area contributed by atoms with E-state index in [2.05, 4.69) is 20.0 Å². The van der Waals surface area contributed by atoms with Crippen molar-refractivity contribution in [3.63, 3.8) is 0 Å². The molecule has 11 heteroatoms. The van der Waals surface area contributed by atoms with Crippen LogP contribution in [0.4, 0.5) is 17.3 Å². The van der Waals surface area contributed by atoms with Gasteiger partial charge < -0.3 is 5.32 Å². The number of amides is 2. The van der Waals surface area contributed by atoms with Gasteiger partial charge in [0.2, 0.25) is 5.95 Å². The van der Waals surface area contributed by atoms with E-state index in [-0.39, 0.29) is 21.6 Å². The first kappa shape index (κ1) is 23.4. The molecule has 1 aliphatic heterocycles. The number of benzene rings is 2. The number of rotatable bonds is 6. The van der Waals surface area contributed by atoms with Crippen LogP contribution < -0.4 is 14.9 Å². The Labute approximate surface area is 201 Å². The molecule has 2 aromatic carbocycles. The number of aromatic nitrogens is 2. The second-order valence-corrected chi connectivity index (χ2v) is 9.69. The highest BCUT2D eigenvalue weighted by molar-refractivity contribution is 7.92. The Balaban J connectivity index is 1.54. The molecule has 0 unspecified atom stereocenters. The minimum absolute atomic E-state index is 0.0333. The highest BCUT2D eigenvalue weighted by Crippen LogP contribution is 2.33. The zero-order valence-electron chi connectivity index (χ0n) is 18.5. The summed E-state index contributed by atoms with van der Waals surface area (Å²) >= 11 is 6.20. The van der Waals surface area contributed by atoms with E-state index in [1.807, 2.05) is 19.9 Å². The van der Waals surface area contributed by atoms with E-state index >= 15 is 0 Å². The van der Waals surface area contributed by atoms with Crippen LogP contribution in [0.2, 0.25) is 0 Å². The van der Waals surface area contributed by atoms with Crippen molar-refractivity contribution in [1.29, 1.82) is 0 Å². The van der Waals surface area contributed by atoms with Crippen LogP contribution in [-0.2, 0) is 19.6 Å². The van der Waals surface area contributed by atoms with Crippen LogP contribution in [0.3, 0.4) is 0 Å². The summed E-state index contributed by atoms with van der Waals surface area (Å²) in [7, 11) is -3.93. The Morgan fingerprint density at radius 1 is 0.941 bits per heavy atom. The molecule has 0 saturated heterocycles.